The molecule has 2 aromatic rings. The van der Waals surface area contributed by atoms with Gasteiger partial charge >= 0.3 is 0 Å². The van der Waals surface area contributed by atoms with Gasteiger partial charge < -0.3 is 5.32 Å². The molecule has 0 radical (unpaired) electrons. The second-order valence-electron chi connectivity index (χ2n) is 4.62. The van der Waals surface area contributed by atoms with Gasteiger partial charge in [0.1, 0.15) is 5.82 Å². The fourth-order valence-electron chi connectivity index (χ4n) is 2.00. The molecule has 0 aliphatic heterocycles. The molecule has 0 saturated carbocycles. The number of hydrogen-bond acceptors (Lipinski definition) is 2. The first-order chi connectivity index (χ1) is 8.97. The Morgan fingerprint density at radius 3 is 2.58 bits per heavy atom. The van der Waals surface area contributed by atoms with E-state index in [0.29, 0.717) is 5.56 Å². The van der Waals surface area contributed by atoms with E-state index in [1.807, 2.05) is 39.0 Å². The number of anilines is 1. The third kappa shape index (κ3) is 3.32. The van der Waals surface area contributed by atoms with Crippen molar-refractivity contribution in [1.82, 2.24) is 4.98 Å². The van der Waals surface area contributed by atoms with Crippen LogP contribution in [0, 0.1) is 19.7 Å². The molecule has 0 amide bonds. The van der Waals surface area contributed by atoms with E-state index in [9.17, 15) is 4.39 Å². The molecule has 2 rings (SSSR count). The van der Waals surface area contributed by atoms with E-state index in [1.165, 1.54) is 6.07 Å². The van der Waals surface area contributed by atoms with Crippen molar-refractivity contribution in [2.24, 2.45) is 0 Å². The number of aromatic nitrogens is 1. The lowest BCUT2D eigenvalue weighted by Crippen LogP contribution is -2.10. The molecule has 0 saturated heterocycles. The lowest BCUT2D eigenvalue weighted by molar-refractivity contribution is 0.599. The Labute approximate surface area is 121 Å². The molecule has 1 aromatic carbocycles. The van der Waals surface area contributed by atoms with E-state index in [2.05, 4.69) is 26.2 Å². The molecule has 1 unspecified atom stereocenters. The largest absolute Gasteiger partial charge is 0.377 e. The molecular formula is C15H16BrFN2. The van der Waals surface area contributed by atoms with Crippen molar-refractivity contribution in [2.45, 2.75) is 26.8 Å². The quantitative estimate of drug-likeness (QED) is 0.880. The summed E-state index contributed by atoms with van der Waals surface area (Å²) in [6.07, 6.45) is 0. The van der Waals surface area contributed by atoms with Crippen LogP contribution in [0.2, 0.25) is 0 Å². The number of nitrogens with zero attached hydrogens (tertiary/aromatic N) is 1. The number of nitrogens with one attached hydrogen (secondary N) is 1. The third-order valence-electron chi connectivity index (χ3n) is 3.03. The minimum atomic E-state index is -0.216. The molecule has 1 aromatic heterocycles. The van der Waals surface area contributed by atoms with Crippen LogP contribution in [0.3, 0.4) is 0 Å². The molecule has 19 heavy (non-hydrogen) atoms. The number of aryl methyl sites for hydroxylation is 2. The third-order valence-corrected chi connectivity index (χ3v) is 3.52. The molecule has 0 spiro atoms. The van der Waals surface area contributed by atoms with Gasteiger partial charge in [-0.2, -0.15) is 0 Å². The van der Waals surface area contributed by atoms with Gasteiger partial charge in [0.2, 0.25) is 0 Å². The SMILES string of the molecule is Cc1ccc(NC(C)c2ccc(Br)cc2F)c(C)n1. The van der Waals surface area contributed by atoms with Gasteiger partial charge in [-0.15, -0.1) is 0 Å². The Hall–Kier alpha value is -1.42. The van der Waals surface area contributed by atoms with Crippen LogP contribution >= 0.6 is 15.9 Å². The first-order valence-corrected chi connectivity index (χ1v) is 6.92. The Balaban J connectivity index is 2.23. The maximum Gasteiger partial charge on any atom is 0.129 e. The highest BCUT2D eigenvalue weighted by molar-refractivity contribution is 9.10. The van der Waals surface area contributed by atoms with E-state index < -0.39 is 0 Å². The van der Waals surface area contributed by atoms with Crippen molar-refractivity contribution in [3.63, 3.8) is 0 Å². The van der Waals surface area contributed by atoms with E-state index in [0.717, 1.165) is 21.5 Å². The summed E-state index contributed by atoms with van der Waals surface area (Å²) < 4.78 is 14.6. The van der Waals surface area contributed by atoms with Crippen LogP contribution in [0.5, 0.6) is 0 Å². The van der Waals surface area contributed by atoms with Crippen LogP contribution in [-0.4, -0.2) is 4.98 Å². The zero-order valence-corrected chi connectivity index (χ0v) is 12.8. The van der Waals surface area contributed by atoms with Crippen molar-refractivity contribution in [2.75, 3.05) is 5.32 Å². The maximum atomic E-state index is 13.9. The summed E-state index contributed by atoms with van der Waals surface area (Å²) in [5.74, 6) is -0.216. The van der Waals surface area contributed by atoms with E-state index in [1.54, 1.807) is 6.07 Å². The first kappa shape index (κ1) is 14.0. The molecule has 0 fully saturated rings. The van der Waals surface area contributed by atoms with Gasteiger partial charge in [0.15, 0.2) is 0 Å². The van der Waals surface area contributed by atoms with E-state index >= 15 is 0 Å². The van der Waals surface area contributed by atoms with Crippen molar-refractivity contribution in [1.29, 1.82) is 0 Å². The molecule has 100 valence electrons. The van der Waals surface area contributed by atoms with E-state index in [4.69, 9.17) is 0 Å². The highest BCUT2D eigenvalue weighted by Crippen LogP contribution is 2.25. The van der Waals surface area contributed by atoms with Crippen LogP contribution in [0.25, 0.3) is 0 Å². The zero-order chi connectivity index (χ0) is 14.0. The predicted molar refractivity (Wildman–Crippen MR) is 79.8 cm³/mol. The molecule has 1 heterocycles. The average molecular weight is 323 g/mol. The smallest absolute Gasteiger partial charge is 0.129 e. The standard InChI is InChI=1S/C15H16BrFN2/c1-9-4-7-15(11(3)18-9)19-10(2)13-6-5-12(16)8-14(13)17/h4-8,10,19H,1-3H3. The molecule has 4 heteroatoms. The number of halogens is 2. The Morgan fingerprint density at radius 1 is 1.21 bits per heavy atom. The normalized spacial score (nSPS) is 12.3. The lowest BCUT2D eigenvalue weighted by atomic mass is 10.1. The van der Waals surface area contributed by atoms with Crippen molar-refractivity contribution < 1.29 is 4.39 Å². The molecule has 0 aliphatic rings. The van der Waals surface area contributed by atoms with Gasteiger partial charge in [-0.05, 0) is 45.0 Å². The van der Waals surface area contributed by atoms with Gasteiger partial charge in [0.05, 0.1) is 17.4 Å². The first-order valence-electron chi connectivity index (χ1n) is 6.13. The Bertz CT molecular complexity index is 599. The fraction of sp³-hybridized carbons (Fsp3) is 0.267. The van der Waals surface area contributed by atoms with E-state index in [-0.39, 0.29) is 11.9 Å². The van der Waals surface area contributed by atoms with Gasteiger partial charge in [0, 0.05) is 15.7 Å². The van der Waals surface area contributed by atoms with Gasteiger partial charge in [0.25, 0.3) is 0 Å². The number of benzene rings is 1. The summed E-state index contributed by atoms with van der Waals surface area (Å²) in [4.78, 5) is 4.39. The maximum absolute atomic E-state index is 13.9. The molecule has 1 N–H and O–H groups in total. The second kappa shape index (κ2) is 5.70. The minimum Gasteiger partial charge on any atom is -0.377 e. The minimum absolute atomic E-state index is 0.115. The van der Waals surface area contributed by atoms with Crippen molar-refractivity contribution in [3.8, 4) is 0 Å². The highest BCUT2D eigenvalue weighted by atomic mass is 79.9. The molecule has 1 atom stereocenters. The van der Waals surface area contributed by atoms with Crippen molar-refractivity contribution >= 4 is 21.6 Å². The molecule has 0 bridgehead atoms. The van der Waals surface area contributed by atoms with Gasteiger partial charge in [-0.1, -0.05) is 22.0 Å². The lowest BCUT2D eigenvalue weighted by Gasteiger charge is -2.18. The highest BCUT2D eigenvalue weighted by Gasteiger charge is 2.12. The van der Waals surface area contributed by atoms with Crippen LogP contribution in [-0.2, 0) is 0 Å². The topological polar surface area (TPSA) is 24.9 Å². The summed E-state index contributed by atoms with van der Waals surface area (Å²) >= 11 is 3.26. The average Bonchev–Trinajstić information content (AvgIpc) is 2.32. The predicted octanol–water partition coefficient (Wildman–Crippen LogP) is 4.77. The van der Waals surface area contributed by atoms with Crippen LogP contribution in [0.1, 0.15) is 29.9 Å². The summed E-state index contributed by atoms with van der Waals surface area (Å²) in [6.45, 7) is 5.83. The second-order valence-corrected chi connectivity index (χ2v) is 5.53. The summed E-state index contributed by atoms with van der Waals surface area (Å²) in [6, 6.07) is 8.92. The molecular weight excluding hydrogens is 307 g/mol. The van der Waals surface area contributed by atoms with Crippen LogP contribution in [0.15, 0.2) is 34.8 Å². The monoisotopic (exact) mass is 322 g/mol. The van der Waals surface area contributed by atoms with Gasteiger partial charge in [-0.25, -0.2) is 4.39 Å². The van der Waals surface area contributed by atoms with Crippen molar-refractivity contribution in [3.05, 3.63) is 57.6 Å². The van der Waals surface area contributed by atoms with Crippen LogP contribution < -0.4 is 5.32 Å². The number of rotatable bonds is 3. The number of hydrogen-bond donors (Lipinski definition) is 1. The molecule has 2 nitrogen and oxygen atoms in total. The summed E-state index contributed by atoms with van der Waals surface area (Å²) in [5, 5.41) is 3.30. The number of pyridine rings is 1. The Morgan fingerprint density at radius 2 is 1.95 bits per heavy atom. The molecule has 0 aliphatic carbocycles. The van der Waals surface area contributed by atoms with Gasteiger partial charge in [-0.3, -0.25) is 4.98 Å². The Kier molecular flexibility index (Phi) is 4.20. The summed E-state index contributed by atoms with van der Waals surface area (Å²) in [5.41, 5.74) is 3.47. The zero-order valence-electron chi connectivity index (χ0n) is 11.2. The summed E-state index contributed by atoms with van der Waals surface area (Å²) in [7, 11) is 0. The van der Waals surface area contributed by atoms with Crippen LogP contribution in [0.4, 0.5) is 10.1 Å². The fourth-order valence-corrected chi connectivity index (χ4v) is 2.34.